The molecule has 4 atom stereocenters. The summed E-state index contributed by atoms with van der Waals surface area (Å²) in [5.41, 5.74) is 0. The lowest BCUT2D eigenvalue weighted by molar-refractivity contribution is -0.0894. The second-order valence-corrected chi connectivity index (χ2v) is 6.48. The predicted octanol–water partition coefficient (Wildman–Crippen LogP) is 2.65. The summed E-state index contributed by atoms with van der Waals surface area (Å²) in [5, 5.41) is 8.88. The molecule has 0 spiro atoms. The summed E-state index contributed by atoms with van der Waals surface area (Å²) >= 11 is 0. The zero-order valence-corrected chi connectivity index (χ0v) is 15.2. The van der Waals surface area contributed by atoms with Crippen molar-refractivity contribution in [2.75, 3.05) is 33.0 Å². The molecule has 0 amide bonds. The van der Waals surface area contributed by atoms with Gasteiger partial charge in [-0.1, -0.05) is 13.8 Å². The molecule has 22 heavy (non-hydrogen) atoms. The summed E-state index contributed by atoms with van der Waals surface area (Å²) in [4.78, 5) is 0. The van der Waals surface area contributed by atoms with Gasteiger partial charge in [-0.05, 0) is 40.0 Å². The molecular weight excluding hydrogens is 284 g/mol. The van der Waals surface area contributed by atoms with Gasteiger partial charge >= 0.3 is 0 Å². The van der Waals surface area contributed by atoms with E-state index in [0.717, 1.165) is 13.0 Å². The Morgan fingerprint density at radius 3 is 1.45 bits per heavy atom. The van der Waals surface area contributed by atoms with Crippen LogP contribution in [0.2, 0.25) is 0 Å². The van der Waals surface area contributed by atoms with Crippen LogP contribution in [0, 0.1) is 5.92 Å². The van der Waals surface area contributed by atoms with Crippen LogP contribution < -0.4 is 0 Å². The van der Waals surface area contributed by atoms with Crippen LogP contribution in [-0.2, 0) is 18.9 Å². The normalized spacial score (nSPS) is 17.5. The molecule has 0 saturated carbocycles. The Balaban J connectivity index is 3.61. The molecule has 0 bridgehead atoms. The fourth-order valence-electron chi connectivity index (χ4n) is 1.60. The SMILES string of the molecule is CC(C)CCOC(C)COC(C)COC(C)COC(C)CO. The fourth-order valence-corrected chi connectivity index (χ4v) is 1.60. The molecule has 1 N–H and O–H groups in total. The molecule has 0 fully saturated rings. The standard InChI is InChI=1S/C17H36O5/c1-13(2)7-8-19-15(4)10-21-17(6)12-22-16(5)11-20-14(3)9-18/h13-18H,7-12H2,1-6H3. The second kappa shape index (κ2) is 13.3. The lowest BCUT2D eigenvalue weighted by Crippen LogP contribution is -2.28. The van der Waals surface area contributed by atoms with Crippen LogP contribution in [0.1, 0.15) is 48.0 Å². The molecule has 0 aliphatic carbocycles. The monoisotopic (exact) mass is 320 g/mol. The van der Waals surface area contributed by atoms with Crippen LogP contribution in [0.5, 0.6) is 0 Å². The molecule has 0 heterocycles. The first kappa shape index (κ1) is 21.8. The zero-order valence-electron chi connectivity index (χ0n) is 15.2. The van der Waals surface area contributed by atoms with Gasteiger partial charge in [-0.25, -0.2) is 0 Å². The van der Waals surface area contributed by atoms with Gasteiger partial charge in [0.15, 0.2) is 0 Å². The van der Waals surface area contributed by atoms with E-state index >= 15 is 0 Å². The van der Waals surface area contributed by atoms with Gasteiger partial charge in [-0.3, -0.25) is 0 Å². The van der Waals surface area contributed by atoms with Gasteiger partial charge in [0.1, 0.15) is 0 Å². The molecule has 0 radical (unpaired) electrons. The number of aliphatic hydroxyl groups excluding tert-OH is 1. The minimum absolute atomic E-state index is 0.0141. The molecule has 0 aliphatic heterocycles. The van der Waals surface area contributed by atoms with Crippen molar-refractivity contribution in [2.24, 2.45) is 5.92 Å². The lowest BCUT2D eigenvalue weighted by atomic mass is 10.1. The van der Waals surface area contributed by atoms with Crippen molar-refractivity contribution in [3.63, 3.8) is 0 Å². The number of aliphatic hydroxyl groups is 1. The van der Waals surface area contributed by atoms with E-state index < -0.39 is 0 Å². The summed E-state index contributed by atoms with van der Waals surface area (Å²) in [6, 6.07) is 0. The third kappa shape index (κ3) is 13.5. The highest BCUT2D eigenvalue weighted by Crippen LogP contribution is 2.04. The topological polar surface area (TPSA) is 57.2 Å². The third-order valence-corrected chi connectivity index (χ3v) is 3.20. The second-order valence-electron chi connectivity index (χ2n) is 6.48. The first-order chi connectivity index (χ1) is 10.3. The Morgan fingerprint density at radius 2 is 1.05 bits per heavy atom. The van der Waals surface area contributed by atoms with Crippen molar-refractivity contribution in [1.82, 2.24) is 0 Å². The number of rotatable bonds is 14. The first-order valence-electron chi connectivity index (χ1n) is 8.42. The number of ether oxygens (including phenoxy) is 4. The van der Waals surface area contributed by atoms with E-state index in [1.165, 1.54) is 0 Å². The largest absolute Gasteiger partial charge is 0.394 e. The number of hydrogen-bond donors (Lipinski definition) is 1. The van der Waals surface area contributed by atoms with E-state index in [9.17, 15) is 0 Å². The zero-order chi connectivity index (χ0) is 17.0. The molecule has 134 valence electrons. The summed E-state index contributed by atoms with van der Waals surface area (Å²) < 4.78 is 22.5. The Hall–Kier alpha value is -0.200. The van der Waals surface area contributed by atoms with Crippen molar-refractivity contribution in [3.05, 3.63) is 0 Å². The molecule has 5 heteroatoms. The van der Waals surface area contributed by atoms with Crippen molar-refractivity contribution in [3.8, 4) is 0 Å². The highest BCUT2D eigenvalue weighted by Gasteiger charge is 2.11. The highest BCUT2D eigenvalue weighted by molar-refractivity contribution is 4.56. The van der Waals surface area contributed by atoms with Crippen LogP contribution in [-0.4, -0.2) is 62.6 Å². The molecule has 0 aromatic heterocycles. The van der Waals surface area contributed by atoms with Gasteiger partial charge in [-0.15, -0.1) is 0 Å². The third-order valence-electron chi connectivity index (χ3n) is 3.20. The van der Waals surface area contributed by atoms with Crippen LogP contribution in [0.25, 0.3) is 0 Å². The fraction of sp³-hybridized carbons (Fsp3) is 1.00. The molecule has 0 rings (SSSR count). The average Bonchev–Trinajstić information content (AvgIpc) is 2.47. The van der Waals surface area contributed by atoms with Crippen molar-refractivity contribution in [2.45, 2.75) is 72.4 Å². The molecule has 0 saturated heterocycles. The Bertz CT molecular complexity index is 247. The van der Waals surface area contributed by atoms with Crippen molar-refractivity contribution >= 4 is 0 Å². The smallest absolute Gasteiger partial charge is 0.0781 e. The summed E-state index contributed by atoms with van der Waals surface area (Å²) in [6.07, 6.45) is 1.04. The average molecular weight is 320 g/mol. The maximum atomic E-state index is 8.88. The van der Waals surface area contributed by atoms with Gasteiger partial charge in [0.05, 0.1) is 50.8 Å². The summed E-state index contributed by atoms with van der Waals surface area (Å²) in [6.45, 7) is 14.6. The minimum Gasteiger partial charge on any atom is -0.394 e. The molecule has 0 aromatic carbocycles. The quantitative estimate of drug-likeness (QED) is 0.533. The minimum atomic E-state index is -0.149. The molecule has 4 unspecified atom stereocenters. The van der Waals surface area contributed by atoms with Gasteiger partial charge < -0.3 is 24.1 Å². The van der Waals surface area contributed by atoms with Crippen molar-refractivity contribution < 1.29 is 24.1 Å². The molecule has 0 aliphatic rings. The van der Waals surface area contributed by atoms with Crippen LogP contribution in [0.4, 0.5) is 0 Å². The van der Waals surface area contributed by atoms with E-state index in [1.807, 2.05) is 27.7 Å². The molecule has 0 aromatic rings. The number of hydrogen-bond acceptors (Lipinski definition) is 5. The van der Waals surface area contributed by atoms with Crippen LogP contribution in [0.15, 0.2) is 0 Å². The van der Waals surface area contributed by atoms with Crippen LogP contribution in [0.3, 0.4) is 0 Å². The van der Waals surface area contributed by atoms with Gasteiger partial charge in [-0.2, -0.15) is 0 Å². The lowest BCUT2D eigenvalue weighted by Gasteiger charge is -2.21. The Kier molecular flexibility index (Phi) is 13.1. The van der Waals surface area contributed by atoms with Gasteiger partial charge in [0.2, 0.25) is 0 Å². The van der Waals surface area contributed by atoms with E-state index in [2.05, 4.69) is 13.8 Å². The van der Waals surface area contributed by atoms with E-state index in [0.29, 0.717) is 25.7 Å². The first-order valence-corrected chi connectivity index (χ1v) is 8.42. The summed E-state index contributed by atoms with van der Waals surface area (Å²) in [5.74, 6) is 0.665. The van der Waals surface area contributed by atoms with Gasteiger partial charge in [0.25, 0.3) is 0 Å². The van der Waals surface area contributed by atoms with Crippen molar-refractivity contribution in [1.29, 1.82) is 0 Å². The maximum absolute atomic E-state index is 8.88. The van der Waals surface area contributed by atoms with Gasteiger partial charge in [0, 0.05) is 6.61 Å². The highest BCUT2D eigenvalue weighted by atomic mass is 16.6. The predicted molar refractivity (Wildman–Crippen MR) is 88.2 cm³/mol. The van der Waals surface area contributed by atoms with Crippen LogP contribution >= 0.6 is 0 Å². The van der Waals surface area contributed by atoms with E-state index in [-0.39, 0.29) is 31.0 Å². The molecular formula is C17H36O5. The maximum Gasteiger partial charge on any atom is 0.0781 e. The van der Waals surface area contributed by atoms with E-state index in [1.54, 1.807) is 0 Å². The van der Waals surface area contributed by atoms with E-state index in [4.69, 9.17) is 24.1 Å². The Labute approximate surface area is 136 Å². The molecule has 5 nitrogen and oxygen atoms in total. The Morgan fingerprint density at radius 1 is 0.636 bits per heavy atom. The summed E-state index contributed by atoms with van der Waals surface area (Å²) in [7, 11) is 0.